The van der Waals surface area contributed by atoms with Crippen molar-refractivity contribution in [1.82, 2.24) is 9.97 Å². The van der Waals surface area contributed by atoms with Gasteiger partial charge < -0.3 is 15.9 Å². The normalized spacial score (nSPS) is 17.6. The average molecular weight is 290 g/mol. The Hall–Kier alpha value is -1.69. The van der Waals surface area contributed by atoms with E-state index < -0.39 is 0 Å². The minimum absolute atomic E-state index is 0.190. The highest BCUT2D eigenvalue weighted by atomic mass is 32.2. The molecule has 0 atom stereocenters. The number of nitrogens with one attached hydrogen (secondary N) is 1. The van der Waals surface area contributed by atoms with Crippen LogP contribution in [0, 0.1) is 12.3 Å². The van der Waals surface area contributed by atoms with E-state index in [1.165, 1.54) is 5.56 Å². The Morgan fingerprint density at radius 3 is 3.05 bits per heavy atom. The number of imidazole rings is 1. The van der Waals surface area contributed by atoms with Crippen LogP contribution in [0.5, 0.6) is 0 Å². The average Bonchev–Trinajstić information content (AvgIpc) is 3.07. The number of hydrogen-bond donors (Lipinski definition) is 3. The van der Waals surface area contributed by atoms with Crippen LogP contribution in [-0.2, 0) is 0 Å². The summed E-state index contributed by atoms with van der Waals surface area (Å²) in [5, 5.41) is 12.7. The molecule has 1 heterocycles. The van der Waals surface area contributed by atoms with Gasteiger partial charge in [0.25, 0.3) is 0 Å². The summed E-state index contributed by atoms with van der Waals surface area (Å²) in [6.07, 6.45) is 2.93. The summed E-state index contributed by atoms with van der Waals surface area (Å²) in [7, 11) is 0. The van der Waals surface area contributed by atoms with Crippen molar-refractivity contribution in [1.29, 1.82) is 0 Å². The Balaban J connectivity index is 1.68. The van der Waals surface area contributed by atoms with E-state index in [9.17, 15) is 0 Å². The quantitative estimate of drug-likeness (QED) is 0.260. The molecule has 6 heteroatoms. The van der Waals surface area contributed by atoms with Gasteiger partial charge in [-0.25, -0.2) is 4.98 Å². The first-order valence-electron chi connectivity index (χ1n) is 6.66. The summed E-state index contributed by atoms with van der Waals surface area (Å²) in [6, 6.07) is 6.21. The second-order valence-electron chi connectivity index (χ2n) is 5.62. The Morgan fingerprint density at radius 1 is 1.55 bits per heavy atom. The standard InChI is InChI=1S/C14H18N4OS/c1-9-2-3-10-11(6-9)17-13(16-10)20-8-14(4-5-14)7-12(15)18-19/h2-3,6,19H,4-5,7-8H2,1H3,(H2,15,18)(H,16,17). The number of benzene rings is 1. The first-order valence-corrected chi connectivity index (χ1v) is 7.64. The molecule has 1 aromatic heterocycles. The molecule has 5 nitrogen and oxygen atoms in total. The molecule has 0 saturated heterocycles. The number of fused-ring (bicyclic) bond motifs is 1. The van der Waals surface area contributed by atoms with Gasteiger partial charge in [-0.05, 0) is 42.9 Å². The third-order valence-electron chi connectivity index (χ3n) is 3.77. The largest absolute Gasteiger partial charge is 0.409 e. The molecule has 1 aliphatic carbocycles. The van der Waals surface area contributed by atoms with Crippen LogP contribution in [0.2, 0.25) is 0 Å². The Kier molecular flexibility index (Phi) is 3.33. The Morgan fingerprint density at radius 2 is 2.35 bits per heavy atom. The van der Waals surface area contributed by atoms with Gasteiger partial charge in [-0.1, -0.05) is 23.0 Å². The van der Waals surface area contributed by atoms with E-state index >= 15 is 0 Å². The number of thioether (sulfide) groups is 1. The molecule has 1 fully saturated rings. The van der Waals surface area contributed by atoms with E-state index in [1.54, 1.807) is 11.8 Å². The lowest BCUT2D eigenvalue weighted by Gasteiger charge is -2.12. The Labute approximate surface area is 121 Å². The highest BCUT2D eigenvalue weighted by molar-refractivity contribution is 7.99. The molecule has 3 rings (SSSR count). The second-order valence-corrected chi connectivity index (χ2v) is 6.58. The van der Waals surface area contributed by atoms with Gasteiger partial charge in [0, 0.05) is 12.2 Å². The lowest BCUT2D eigenvalue weighted by Crippen LogP contribution is -2.19. The van der Waals surface area contributed by atoms with Gasteiger partial charge in [-0.15, -0.1) is 0 Å². The zero-order valence-electron chi connectivity index (χ0n) is 11.4. The highest BCUT2D eigenvalue weighted by Crippen LogP contribution is 2.51. The number of nitrogens with zero attached hydrogens (tertiary/aromatic N) is 2. The number of amidine groups is 1. The number of rotatable bonds is 5. The van der Waals surface area contributed by atoms with Crippen LogP contribution in [0.4, 0.5) is 0 Å². The topological polar surface area (TPSA) is 87.3 Å². The number of aromatic amines is 1. The van der Waals surface area contributed by atoms with Crippen LogP contribution in [-0.4, -0.2) is 26.8 Å². The molecule has 1 aromatic carbocycles. The van der Waals surface area contributed by atoms with Crippen LogP contribution in [0.1, 0.15) is 24.8 Å². The molecule has 0 radical (unpaired) electrons. The van der Waals surface area contributed by atoms with E-state index in [-0.39, 0.29) is 5.41 Å². The molecule has 20 heavy (non-hydrogen) atoms. The molecule has 0 amide bonds. The van der Waals surface area contributed by atoms with Crippen molar-refractivity contribution >= 4 is 28.6 Å². The molecule has 2 aromatic rings. The van der Waals surface area contributed by atoms with Gasteiger partial charge in [-0.2, -0.15) is 0 Å². The van der Waals surface area contributed by atoms with Crippen molar-refractivity contribution in [2.45, 2.75) is 31.3 Å². The zero-order valence-corrected chi connectivity index (χ0v) is 12.2. The van der Waals surface area contributed by atoms with E-state index in [0.717, 1.165) is 34.8 Å². The van der Waals surface area contributed by atoms with Crippen molar-refractivity contribution in [3.05, 3.63) is 23.8 Å². The van der Waals surface area contributed by atoms with Crippen LogP contribution in [0.3, 0.4) is 0 Å². The Bertz CT molecular complexity index is 660. The molecule has 4 N–H and O–H groups in total. The van der Waals surface area contributed by atoms with Crippen molar-refractivity contribution in [3.63, 3.8) is 0 Å². The summed E-state index contributed by atoms with van der Waals surface area (Å²) in [4.78, 5) is 7.93. The summed E-state index contributed by atoms with van der Waals surface area (Å²) in [6.45, 7) is 2.07. The number of oxime groups is 1. The van der Waals surface area contributed by atoms with Gasteiger partial charge in [0.2, 0.25) is 0 Å². The third kappa shape index (κ3) is 2.75. The fourth-order valence-electron chi connectivity index (χ4n) is 2.36. The zero-order chi connectivity index (χ0) is 14.2. The van der Waals surface area contributed by atoms with Crippen LogP contribution in [0.25, 0.3) is 11.0 Å². The van der Waals surface area contributed by atoms with Gasteiger partial charge >= 0.3 is 0 Å². The monoisotopic (exact) mass is 290 g/mol. The van der Waals surface area contributed by atoms with E-state index in [2.05, 4.69) is 34.2 Å². The van der Waals surface area contributed by atoms with E-state index in [1.807, 2.05) is 6.07 Å². The maximum absolute atomic E-state index is 8.67. The SMILES string of the molecule is Cc1ccc2nc(SCC3(CC(N)=NO)CC3)[nH]c2c1. The van der Waals surface area contributed by atoms with Crippen LogP contribution in [0.15, 0.2) is 28.5 Å². The maximum atomic E-state index is 8.67. The summed E-state index contributed by atoms with van der Waals surface area (Å²) in [5.74, 6) is 1.27. The predicted octanol–water partition coefficient (Wildman–Crippen LogP) is 2.88. The maximum Gasteiger partial charge on any atom is 0.166 e. The third-order valence-corrected chi connectivity index (χ3v) is 5.00. The molecule has 0 aliphatic heterocycles. The summed E-state index contributed by atoms with van der Waals surface area (Å²) < 4.78 is 0. The van der Waals surface area contributed by atoms with E-state index in [0.29, 0.717) is 12.3 Å². The number of nitrogens with two attached hydrogens (primary N) is 1. The lowest BCUT2D eigenvalue weighted by molar-refractivity contribution is 0.315. The smallest absolute Gasteiger partial charge is 0.166 e. The highest BCUT2D eigenvalue weighted by Gasteiger charge is 2.43. The van der Waals surface area contributed by atoms with Crippen molar-refractivity contribution in [2.75, 3.05) is 5.75 Å². The molecule has 1 aliphatic rings. The molecule has 0 bridgehead atoms. The fraction of sp³-hybridized carbons (Fsp3) is 0.429. The number of hydrogen-bond acceptors (Lipinski definition) is 4. The van der Waals surface area contributed by atoms with Gasteiger partial charge in [-0.3, -0.25) is 0 Å². The first kappa shape index (κ1) is 13.3. The number of H-pyrrole nitrogens is 1. The van der Waals surface area contributed by atoms with Crippen LogP contribution < -0.4 is 5.73 Å². The number of aryl methyl sites for hydroxylation is 1. The fourth-order valence-corrected chi connectivity index (χ4v) is 3.54. The second kappa shape index (κ2) is 5.01. The lowest BCUT2D eigenvalue weighted by atomic mass is 10.1. The minimum atomic E-state index is 0.190. The first-order chi connectivity index (χ1) is 9.60. The molecular weight excluding hydrogens is 272 g/mol. The minimum Gasteiger partial charge on any atom is -0.409 e. The molecule has 106 valence electrons. The van der Waals surface area contributed by atoms with Crippen molar-refractivity contribution in [2.24, 2.45) is 16.3 Å². The summed E-state index contributed by atoms with van der Waals surface area (Å²) >= 11 is 1.72. The molecule has 1 saturated carbocycles. The van der Waals surface area contributed by atoms with Gasteiger partial charge in [0.15, 0.2) is 5.16 Å². The van der Waals surface area contributed by atoms with E-state index in [4.69, 9.17) is 10.9 Å². The van der Waals surface area contributed by atoms with Crippen molar-refractivity contribution < 1.29 is 5.21 Å². The predicted molar refractivity (Wildman–Crippen MR) is 81.2 cm³/mol. The van der Waals surface area contributed by atoms with Gasteiger partial charge in [0.05, 0.1) is 11.0 Å². The van der Waals surface area contributed by atoms with Gasteiger partial charge in [0.1, 0.15) is 5.84 Å². The molecule has 0 spiro atoms. The van der Waals surface area contributed by atoms with Crippen molar-refractivity contribution in [3.8, 4) is 0 Å². The van der Waals surface area contributed by atoms with Crippen LogP contribution >= 0.6 is 11.8 Å². The molecular formula is C14H18N4OS. The molecule has 0 unspecified atom stereocenters. The number of aromatic nitrogens is 2. The summed E-state index contributed by atoms with van der Waals surface area (Å²) in [5.41, 5.74) is 9.11.